The summed E-state index contributed by atoms with van der Waals surface area (Å²) >= 11 is 1.82. The van der Waals surface area contributed by atoms with Crippen LogP contribution >= 0.6 is 11.3 Å². The smallest absolute Gasteiger partial charge is 0.0694 e. The van der Waals surface area contributed by atoms with Crippen LogP contribution in [-0.4, -0.2) is 11.5 Å². The number of rotatable bonds is 5. The maximum absolute atomic E-state index is 4.45. The molecular weight excluding hydrogens is 276 g/mol. The Morgan fingerprint density at radius 2 is 2.05 bits per heavy atom. The molecular formula is C18H20N2S. The van der Waals surface area contributed by atoms with E-state index in [-0.39, 0.29) is 6.04 Å². The quantitative estimate of drug-likeness (QED) is 0.738. The van der Waals surface area contributed by atoms with Gasteiger partial charge >= 0.3 is 0 Å². The lowest BCUT2D eigenvalue weighted by Gasteiger charge is -2.20. The lowest BCUT2D eigenvalue weighted by Crippen LogP contribution is -2.23. The largest absolute Gasteiger partial charge is 0.306 e. The fraction of sp³-hybridized carbons (Fsp3) is 0.278. The summed E-state index contributed by atoms with van der Waals surface area (Å²) in [5.74, 6) is 0. The number of hydrogen-bond acceptors (Lipinski definition) is 3. The van der Waals surface area contributed by atoms with Gasteiger partial charge in [0.1, 0.15) is 0 Å². The first-order chi connectivity index (χ1) is 10.3. The first kappa shape index (κ1) is 14.2. The highest BCUT2D eigenvalue weighted by Gasteiger charge is 2.19. The van der Waals surface area contributed by atoms with Gasteiger partial charge in [-0.15, -0.1) is 11.3 Å². The molecule has 3 heteroatoms. The molecule has 0 aliphatic rings. The molecule has 0 saturated heterocycles. The highest BCUT2D eigenvalue weighted by molar-refractivity contribution is 7.10. The molecule has 0 radical (unpaired) electrons. The highest BCUT2D eigenvalue weighted by Crippen LogP contribution is 2.32. The molecule has 2 nitrogen and oxygen atoms in total. The van der Waals surface area contributed by atoms with Crippen LogP contribution in [-0.2, 0) is 0 Å². The first-order valence-corrected chi connectivity index (χ1v) is 8.29. The Balaban J connectivity index is 2.12. The van der Waals surface area contributed by atoms with Crippen molar-refractivity contribution in [1.82, 2.24) is 10.3 Å². The van der Waals surface area contributed by atoms with Gasteiger partial charge in [-0.2, -0.15) is 0 Å². The summed E-state index contributed by atoms with van der Waals surface area (Å²) < 4.78 is 0. The molecule has 0 spiro atoms. The Labute approximate surface area is 129 Å². The molecule has 0 fully saturated rings. The zero-order chi connectivity index (χ0) is 14.7. The average molecular weight is 296 g/mol. The van der Waals surface area contributed by atoms with E-state index in [4.69, 9.17) is 0 Å². The van der Waals surface area contributed by atoms with Gasteiger partial charge in [-0.25, -0.2) is 0 Å². The maximum atomic E-state index is 4.45. The van der Waals surface area contributed by atoms with Crippen LogP contribution in [0.2, 0.25) is 0 Å². The fourth-order valence-electron chi connectivity index (χ4n) is 2.68. The number of thiophene rings is 1. The first-order valence-electron chi connectivity index (χ1n) is 7.41. The zero-order valence-electron chi connectivity index (χ0n) is 12.5. The van der Waals surface area contributed by atoms with E-state index in [0.717, 1.165) is 13.0 Å². The third kappa shape index (κ3) is 2.85. The molecule has 2 heterocycles. The minimum atomic E-state index is 0.226. The van der Waals surface area contributed by atoms with Crippen molar-refractivity contribution >= 4 is 22.1 Å². The van der Waals surface area contributed by atoms with Gasteiger partial charge in [0.15, 0.2) is 0 Å². The van der Waals surface area contributed by atoms with E-state index >= 15 is 0 Å². The molecule has 1 N–H and O–H groups in total. The van der Waals surface area contributed by atoms with E-state index in [1.54, 1.807) is 0 Å². The van der Waals surface area contributed by atoms with Crippen molar-refractivity contribution in [3.63, 3.8) is 0 Å². The summed E-state index contributed by atoms with van der Waals surface area (Å²) in [6, 6.07) is 10.9. The van der Waals surface area contributed by atoms with Crippen molar-refractivity contribution in [2.45, 2.75) is 26.3 Å². The standard InChI is InChI=1S/C18H20N2S/c1-3-9-20-17(18-13(2)8-10-21-18)16-12-19-11-14-6-4-5-7-15(14)16/h4-8,10-12,17,20H,3,9H2,1-2H3. The van der Waals surface area contributed by atoms with Gasteiger partial charge in [0.05, 0.1) is 6.04 Å². The van der Waals surface area contributed by atoms with Crippen LogP contribution in [0, 0.1) is 6.92 Å². The van der Waals surface area contributed by atoms with Gasteiger partial charge in [-0.05, 0) is 42.3 Å². The summed E-state index contributed by atoms with van der Waals surface area (Å²) in [5, 5.41) is 8.35. The summed E-state index contributed by atoms with van der Waals surface area (Å²) in [7, 11) is 0. The van der Waals surface area contributed by atoms with E-state index in [1.807, 2.05) is 23.7 Å². The number of nitrogens with zero attached hydrogens (tertiary/aromatic N) is 1. The zero-order valence-corrected chi connectivity index (χ0v) is 13.3. The SMILES string of the molecule is CCCNC(c1sccc1C)c1cncc2ccccc12. The van der Waals surface area contributed by atoms with Crippen LogP contribution < -0.4 is 5.32 Å². The number of pyridine rings is 1. The summed E-state index contributed by atoms with van der Waals surface area (Å²) in [6.07, 6.45) is 5.07. The highest BCUT2D eigenvalue weighted by atomic mass is 32.1. The summed E-state index contributed by atoms with van der Waals surface area (Å²) in [4.78, 5) is 5.84. The van der Waals surface area contributed by atoms with Crippen LogP contribution in [0.25, 0.3) is 10.8 Å². The molecule has 3 rings (SSSR count). The minimum absolute atomic E-state index is 0.226. The molecule has 0 aliphatic heterocycles. The van der Waals surface area contributed by atoms with Crippen molar-refractivity contribution in [3.05, 3.63) is 64.1 Å². The molecule has 21 heavy (non-hydrogen) atoms. The van der Waals surface area contributed by atoms with Crippen molar-refractivity contribution in [3.8, 4) is 0 Å². The second kappa shape index (κ2) is 6.37. The number of nitrogens with one attached hydrogen (secondary N) is 1. The molecule has 1 aromatic carbocycles. The number of aromatic nitrogens is 1. The third-order valence-electron chi connectivity index (χ3n) is 3.77. The lowest BCUT2D eigenvalue weighted by molar-refractivity contribution is 0.605. The second-order valence-electron chi connectivity index (χ2n) is 5.30. The van der Waals surface area contributed by atoms with Crippen molar-refractivity contribution in [2.24, 2.45) is 0 Å². The van der Waals surface area contributed by atoms with Gasteiger partial charge in [0.25, 0.3) is 0 Å². The Bertz CT molecular complexity index is 727. The Kier molecular flexibility index (Phi) is 4.32. The number of hydrogen-bond donors (Lipinski definition) is 1. The minimum Gasteiger partial charge on any atom is -0.306 e. The molecule has 1 atom stereocenters. The molecule has 0 saturated carbocycles. The van der Waals surface area contributed by atoms with E-state index in [9.17, 15) is 0 Å². The summed E-state index contributed by atoms with van der Waals surface area (Å²) in [5.41, 5.74) is 2.62. The van der Waals surface area contributed by atoms with E-state index in [1.165, 1.54) is 26.8 Å². The monoisotopic (exact) mass is 296 g/mol. The van der Waals surface area contributed by atoms with Gasteiger partial charge in [0.2, 0.25) is 0 Å². The number of aryl methyl sites for hydroxylation is 1. The number of fused-ring (bicyclic) bond motifs is 1. The van der Waals surface area contributed by atoms with Crippen LogP contribution in [0.1, 0.15) is 35.4 Å². The molecule has 0 bridgehead atoms. The van der Waals surface area contributed by atoms with Gasteiger partial charge < -0.3 is 5.32 Å². The summed E-state index contributed by atoms with van der Waals surface area (Å²) in [6.45, 7) is 5.39. The van der Waals surface area contributed by atoms with Crippen LogP contribution in [0.4, 0.5) is 0 Å². The number of benzene rings is 1. The average Bonchev–Trinajstić information content (AvgIpc) is 2.94. The van der Waals surface area contributed by atoms with Gasteiger partial charge in [-0.3, -0.25) is 4.98 Å². The van der Waals surface area contributed by atoms with E-state index in [2.05, 4.69) is 59.9 Å². The fourth-order valence-corrected chi connectivity index (χ4v) is 3.70. The maximum Gasteiger partial charge on any atom is 0.0694 e. The van der Waals surface area contributed by atoms with Crippen molar-refractivity contribution in [1.29, 1.82) is 0 Å². The van der Waals surface area contributed by atoms with Crippen molar-refractivity contribution in [2.75, 3.05) is 6.54 Å². The molecule has 2 aromatic heterocycles. The van der Waals surface area contributed by atoms with E-state index < -0.39 is 0 Å². The molecule has 0 aliphatic carbocycles. The van der Waals surface area contributed by atoms with Crippen LogP contribution in [0.5, 0.6) is 0 Å². The molecule has 1 unspecified atom stereocenters. The lowest BCUT2D eigenvalue weighted by atomic mass is 9.99. The Morgan fingerprint density at radius 3 is 2.81 bits per heavy atom. The van der Waals surface area contributed by atoms with Gasteiger partial charge in [0, 0.05) is 28.2 Å². The predicted molar refractivity (Wildman–Crippen MR) is 90.9 cm³/mol. The molecule has 0 amide bonds. The Hall–Kier alpha value is -1.71. The molecule has 108 valence electrons. The van der Waals surface area contributed by atoms with Gasteiger partial charge in [-0.1, -0.05) is 31.2 Å². The van der Waals surface area contributed by atoms with Crippen molar-refractivity contribution < 1.29 is 0 Å². The predicted octanol–water partition coefficient (Wildman–Crippen LogP) is 4.69. The van der Waals surface area contributed by atoms with E-state index in [0.29, 0.717) is 0 Å². The molecule has 3 aromatic rings. The van der Waals surface area contributed by atoms with Crippen LogP contribution in [0.3, 0.4) is 0 Å². The third-order valence-corrected chi connectivity index (χ3v) is 4.86. The Morgan fingerprint density at radius 1 is 1.19 bits per heavy atom. The second-order valence-corrected chi connectivity index (χ2v) is 6.25. The topological polar surface area (TPSA) is 24.9 Å². The van der Waals surface area contributed by atoms with Crippen LogP contribution in [0.15, 0.2) is 48.1 Å². The normalized spacial score (nSPS) is 12.7.